The van der Waals surface area contributed by atoms with Crippen LogP contribution in [0.3, 0.4) is 0 Å². The van der Waals surface area contributed by atoms with E-state index >= 15 is 0 Å². The van der Waals surface area contributed by atoms with E-state index in [0.29, 0.717) is 12.3 Å². The monoisotopic (exact) mass is 251 g/mol. The summed E-state index contributed by atoms with van der Waals surface area (Å²) in [7, 11) is 0. The van der Waals surface area contributed by atoms with Crippen molar-refractivity contribution in [2.24, 2.45) is 11.8 Å². The number of carboxylic acid groups (broad SMARTS) is 1. The van der Waals surface area contributed by atoms with Gasteiger partial charge in [0, 0.05) is 0 Å². The number of carbonyl (C=O) groups is 2. The van der Waals surface area contributed by atoms with E-state index in [1.165, 1.54) is 6.92 Å². The van der Waals surface area contributed by atoms with Crippen LogP contribution < -0.4 is 0 Å². The first-order valence-electron chi connectivity index (χ1n) is 4.88. The summed E-state index contributed by atoms with van der Waals surface area (Å²) < 4.78 is 4.80. The third-order valence-corrected chi connectivity index (χ3v) is 1.87. The average molecular weight is 251 g/mol. The second-order valence-corrected chi connectivity index (χ2v) is 4.07. The zero-order chi connectivity index (χ0) is 12.4. The molecule has 0 spiro atoms. The number of hydrogen-bond acceptors (Lipinski definition) is 3. The van der Waals surface area contributed by atoms with Crippen molar-refractivity contribution in [1.29, 1.82) is 0 Å². The van der Waals surface area contributed by atoms with E-state index in [9.17, 15) is 9.59 Å². The Balaban J connectivity index is 0. The van der Waals surface area contributed by atoms with E-state index in [1.807, 2.05) is 0 Å². The van der Waals surface area contributed by atoms with E-state index in [2.05, 4.69) is 13.8 Å². The van der Waals surface area contributed by atoms with Crippen LogP contribution in [0.1, 0.15) is 34.1 Å². The van der Waals surface area contributed by atoms with E-state index < -0.39 is 11.9 Å². The molecule has 0 aromatic rings. The topological polar surface area (TPSA) is 63.6 Å². The molecule has 0 amide bonds. The Bertz CT molecular complexity index is 178. The Hall–Kier alpha value is -0.186. The third-order valence-electron chi connectivity index (χ3n) is 1.61. The summed E-state index contributed by atoms with van der Waals surface area (Å²) in [6, 6.07) is 0. The minimum atomic E-state index is -1.02. The fourth-order valence-electron chi connectivity index (χ4n) is 0.803. The Morgan fingerprint density at radius 2 is 1.87 bits per heavy atom. The fourth-order valence-corrected chi connectivity index (χ4v) is 1.32. The molecule has 87 valence electrons. The van der Waals surface area contributed by atoms with Crippen LogP contribution in [0.2, 0.25) is 0 Å². The van der Waals surface area contributed by atoms with Crippen molar-refractivity contribution in [3.8, 4) is 0 Å². The first-order valence-corrected chi connectivity index (χ1v) is 5.52. The van der Waals surface area contributed by atoms with Gasteiger partial charge >= 0.3 is 56.5 Å². The second kappa shape index (κ2) is 10.3. The molecule has 0 saturated heterocycles. The maximum atomic E-state index is 10.4. The standard InChI is InChI=1S/C6H10O3.C4H9O.Ti/c1-3-5(4(2)7)6(8)9;1-4(2)3-5;/h5H,3H2,1-2H3,(H,8,9);4H,3H2,1-2H3;/q;-1;+1. The van der Waals surface area contributed by atoms with Crippen molar-refractivity contribution < 1.29 is 38.8 Å². The molecule has 0 bridgehead atoms. The molecule has 0 aliphatic rings. The normalized spacial score (nSPS) is 11.5. The smallest absolute Gasteiger partial charge is 0.314 e. The van der Waals surface area contributed by atoms with Gasteiger partial charge in [0.05, 0.1) is 0 Å². The number of hydrogen-bond donors (Lipinski definition) is 1. The molecule has 0 aromatic carbocycles. The Kier molecular flexibility index (Phi) is 11.9. The second-order valence-electron chi connectivity index (χ2n) is 3.61. The van der Waals surface area contributed by atoms with Crippen molar-refractivity contribution in [3.05, 3.63) is 0 Å². The molecule has 5 heteroatoms. The van der Waals surface area contributed by atoms with Crippen molar-refractivity contribution in [2.75, 3.05) is 6.61 Å². The van der Waals surface area contributed by atoms with Gasteiger partial charge in [-0.2, -0.15) is 0 Å². The van der Waals surface area contributed by atoms with Crippen molar-refractivity contribution >= 4 is 11.8 Å². The molecule has 15 heavy (non-hydrogen) atoms. The van der Waals surface area contributed by atoms with Gasteiger partial charge in [-0.25, -0.2) is 0 Å². The number of ketones is 1. The maximum absolute atomic E-state index is 10.4. The zero-order valence-corrected chi connectivity index (χ0v) is 11.3. The van der Waals surface area contributed by atoms with Crippen molar-refractivity contribution in [2.45, 2.75) is 34.1 Å². The van der Waals surface area contributed by atoms with Gasteiger partial charge in [0.15, 0.2) is 0 Å². The first kappa shape index (κ1) is 17.2. The minimum Gasteiger partial charge on any atom is -0.481 e. The van der Waals surface area contributed by atoms with Gasteiger partial charge in [0.25, 0.3) is 0 Å². The molecular weight excluding hydrogens is 232 g/mol. The van der Waals surface area contributed by atoms with Gasteiger partial charge in [0.1, 0.15) is 11.7 Å². The number of aliphatic carboxylic acids is 1. The molecule has 0 radical (unpaired) electrons. The van der Waals surface area contributed by atoms with Gasteiger partial charge in [-0.05, 0) is 13.3 Å². The van der Waals surface area contributed by atoms with Gasteiger partial charge in [-0.15, -0.1) is 0 Å². The molecule has 1 N–H and O–H groups in total. The molecule has 0 aromatic heterocycles. The largest absolute Gasteiger partial charge is 0.481 e. The predicted molar refractivity (Wildman–Crippen MR) is 52.9 cm³/mol. The summed E-state index contributed by atoms with van der Waals surface area (Å²) >= 11 is 1.72. The molecule has 0 heterocycles. The van der Waals surface area contributed by atoms with Crippen LogP contribution in [0.5, 0.6) is 0 Å². The van der Waals surface area contributed by atoms with Crippen LogP contribution in [0.25, 0.3) is 0 Å². The SMILES string of the molecule is CC(C)C[O][Ti].CCC(C(C)=O)C(=O)O. The summed E-state index contributed by atoms with van der Waals surface area (Å²) in [5, 5.41) is 8.32. The van der Waals surface area contributed by atoms with E-state index in [1.54, 1.807) is 27.7 Å². The van der Waals surface area contributed by atoms with Crippen LogP contribution in [0.15, 0.2) is 0 Å². The molecular formula is C10H19O4Ti. The molecule has 0 rings (SSSR count). The van der Waals surface area contributed by atoms with E-state index in [0.717, 1.165) is 6.61 Å². The maximum Gasteiger partial charge on any atom is 0.314 e. The van der Waals surface area contributed by atoms with Crippen LogP contribution in [0, 0.1) is 11.8 Å². The van der Waals surface area contributed by atoms with Gasteiger partial charge in [0.2, 0.25) is 0 Å². The van der Waals surface area contributed by atoms with Crippen molar-refractivity contribution in [1.82, 2.24) is 0 Å². The molecule has 4 nitrogen and oxygen atoms in total. The summed E-state index contributed by atoms with van der Waals surface area (Å²) in [5.74, 6) is -1.42. The van der Waals surface area contributed by atoms with Gasteiger partial charge < -0.3 is 5.11 Å². The Morgan fingerprint density at radius 3 is 1.87 bits per heavy atom. The molecule has 1 atom stereocenters. The van der Waals surface area contributed by atoms with Crippen molar-refractivity contribution in [3.63, 3.8) is 0 Å². The van der Waals surface area contributed by atoms with Crippen LogP contribution in [-0.4, -0.2) is 23.5 Å². The van der Waals surface area contributed by atoms with Gasteiger partial charge in [-0.3, -0.25) is 9.59 Å². The number of carbonyl (C=O) groups excluding carboxylic acids is 1. The van der Waals surface area contributed by atoms with Gasteiger partial charge in [-0.1, -0.05) is 6.92 Å². The average Bonchev–Trinajstić information content (AvgIpc) is 2.03. The summed E-state index contributed by atoms with van der Waals surface area (Å²) in [6.45, 7) is 8.11. The Morgan fingerprint density at radius 1 is 1.40 bits per heavy atom. The minimum absolute atomic E-state index is 0.273. The summed E-state index contributed by atoms with van der Waals surface area (Å²) in [5.41, 5.74) is 0. The van der Waals surface area contributed by atoms with E-state index in [4.69, 9.17) is 8.42 Å². The molecule has 0 aliphatic heterocycles. The van der Waals surface area contributed by atoms with Crippen LogP contribution in [0.4, 0.5) is 0 Å². The zero-order valence-electron chi connectivity index (χ0n) is 9.74. The van der Waals surface area contributed by atoms with Crippen LogP contribution >= 0.6 is 0 Å². The summed E-state index contributed by atoms with van der Waals surface area (Å²) in [6.07, 6.45) is 0.380. The number of Topliss-reactive ketones (excluding diaryl/α,β-unsaturated/α-hetero) is 1. The van der Waals surface area contributed by atoms with E-state index in [-0.39, 0.29) is 5.78 Å². The quantitative estimate of drug-likeness (QED) is 0.597. The van der Waals surface area contributed by atoms with Crippen LogP contribution in [-0.2, 0) is 33.7 Å². The molecule has 0 saturated carbocycles. The molecule has 0 fully saturated rings. The first-order chi connectivity index (χ1) is 6.86. The fraction of sp³-hybridized carbons (Fsp3) is 0.800. The Labute approximate surface area is 103 Å². The predicted octanol–water partition coefficient (Wildman–Crippen LogP) is 1.81. The third kappa shape index (κ3) is 11.7. The summed E-state index contributed by atoms with van der Waals surface area (Å²) in [4.78, 5) is 20.6. The molecule has 1 unspecified atom stereocenters. The molecule has 0 aliphatic carbocycles. The number of carboxylic acids is 1. The number of rotatable bonds is 5.